The average Bonchev–Trinajstić information content (AvgIpc) is 3.19. The Labute approximate surface area is 175 Å². The number of nitrogens with zero attached hydrogens (tertiary/aromatic N) is 4. The lowest BCUT2D eigenvalue weighted by atomic mass is 10.1. The number of carbonyl (C=O) groups is 1. The van der Waals surface area contributed by atoms with Crippen molar-refractivity contribution in [2.75, 3.05) is 32.7 Å². The molecule has 5 rings (SSSR count). The monoisotopic (exact) mass is 415 g/mol. The molecule has 0 saturated carbocycles. The fraction of sp³-hybridized carbons (Fsp3) is 0.636. The number of aromatic amines is 1. The Balaban J connectivity index is 1.21. The molecule has 3 aliphatic heterocycles. The summed E-state index contributed by atoms with van der Waals surface area (Å²) < 4.78 is 13.7. The molecule has 3 fully saturated rings. The van der Waals surface area contributed by atoms with Crippen LogP contribution in [0.2, 0.25) is 0 Å². The first kappa shape index (κ1) is 19.9. The molecule has 3 saturated heterocycles. The summed E-state index contributed by atoms with van der Waals surface area (Å²) in [6.45, 7) is 6.27. The molecule has 0 radical (unpaired) electrons. The van der Waals surface area contributed by atoms with Gasteiger partial charge in [0.15, 0.2) is 0 Å². The van der Waals surface area contributed by atoms with Crippen molar-refractivity contribution in [3.63, 3.8) is 0 Å². The van der Waals surface area contributed by atoms with Crippen molar-refractivity contribution in [1.82, 2.24) is 24.7 Å². The highest BCUT2D eigenvalue weighted by Crippen LogP contribution is 2.31. The molecule has 2 unspecified atom stereocenters. The molecule has 1 amide bonds. The van der Waals surface area contributed by atoms with Crippen LogP contribution in [0.15, 0.2) is 12.1 Å². The van der Waals surface area contributed by atoms with Crippen LogP contribution in [0, 0.1) is 12.7 Å². The number of aliphatic hydroxyl groups excluding tert-OH is 1. The third kappa shape index (κ3) is 3.84. The number of piperidine rings is 1. The number of rotatable bonds is 4. The number of likely N-dealkylation sites (tertiary alicyclic amines) is 2. The number of hydrogen-bond donors (Lipinski definition) is 2. The molecule has 2 atom stereocenters. The average molecular weight is 416 g/mol. The number of hydrogen-bond acceptors (Lipinski definition) is 5. The summed E-state index contributed by atoms with van der Waals surface area (Å²) in [5, 5.41) is 9.67. The van der Waals surface area contributed by atoms with Gasteiger partial charge in [-0.2, -0.15) is 0 Å². The van der Waals surface area contributed by atoms with Crippen LogP contribution in [0.3, 0.4) is 0 Å². The van der Waals surface area contributed by atoms with Crippen molar-refractivity contribution in [2.45, 2.75) is 57.3 Å². The Hall–Kier alpha value is -2.03. The van der Waals surface area contributed by atoms with Gasteiger partial charge in [0.2, 0.25) is 5.91 Å². The van der Waals surface area contributed by atoms with Crippen LogP contribution >= 0.6 is 0 Å². The number of H-pyrrole nitrogens is 1. The summed E-state index contributed by atoms with van der Waals surface area (Å²) in [7, 11) is 0. The van der Waals surface area contributed by atoms with Crippen molar-refractivity contribution >= 4 is 16.9 Å². The van der Waals surface area contributed by atoms with E-state index in [1.54, 1.807) is 0 Å². The standard InChI is InChI=1S/C22H30FN5O2/c1-14-8-15(23)9-19-22(14)25-20(24-19)12-26-10-16-2-3-17(11-26)28(16)13-21(30)27-6-4-18(29)5-7-27/h8-9,16-18,29H,2-7,10-13H2,1H3,(H,24,25). The molecule has 1 aromatic carbocycles. The van der Waals surface area contributed by atoms with E-state index < -0.39 is 0 Å². The van der Waals surface area contributed by atoms with Gasteiger partial charge in [-0.25, -0.2) is 9.37 Å². The molecule has 1 aromatic heterocycles. The second kappa shape index (κ2) is 7.90. The molecular formula is C22H30FN5O2. The van der Waals surface area contributed by atoms with Gasteiger partial charge in [0, 0.05) is 38.3 Å². The molecule has 7 nitrogen and oxygen atoms in total. The van der Waals surface area contributed by atoms with Gasteiger partial charge in [-0.3, -0.25) is 14.6 Å². The molecule has 2 bridgehead atoms. The minimum Gasteiger partial charge on any atom is -0.393 e. The number of imidazole rings is 1. The first-order chi connectivity index (χ1) is 14.5. The van der Waals surface area contributed by atoms with E-state index in [-0.39, 0.29) is 17.8 Å². The van der Waals surface area contributed by atoms with Crippen molar-refractivity contribution in [2.24, 2.45) is 0 Å². The smallest absolute Gasteiger partial charge is 0.236 e. The summed E-state index contributed by atoms with van der Waals surface area (Å²) in [6, 6.07) is 3.82. The van der Waals surface area contributed by atoms with E-state index in [1.807, 2.05) is 11.8 Å². The van der Waals surface area contributed by atoms with Gasteiger partial charge in [0.25, 0.3) is 0 Å². The Morgan fingerprint density at radius 2 is 1.90 bits per heavy atom. The van der Waals surface area contributed by atoms with Crippen LogP contribution in [0.5, 0.6) is 0 Å². The Morgan fingerprint density at radius 1 is 1.20 bits per heavy atom. The number of halogens is 1. The molecule has 2 N–H and O–H groups in total. The van der Waals surface area contributed by atoms with E-state index in [0.717, 1.165) is 48.4 Å². The predicted molar refractivity (Wildman–Crippen MR) is 111 cm³/mol. The largest absolute Gasteiger partial charge is 0.393 e. The van der Waals surface area contributed by atoms with E-state index in [2.05, 4.69) is 14.8 Å². The Morgan fingerprint density at radius 3 is 2.60 bits per heavy atom. The van der Waals surface area contributed by atoms with Gasteiger partial charge in [-0.1, -0.05) is 0 Å². The van der Waals surface area contributed by atoms with Crippen LogP contribution in [0.4, 0.5) is 4.39 Å². The number of piperazine rings is 1. The number of aryl methyl sites for hydroxylation is 1. The van der Waals surface area contributed by atoms with Gasteiger partial charge in [-0.05, 0) is 50.3 Å². The minimum absolute atomic E-state index is 0.196. The van der Waals surface area contributed by atoms with Crippen LogP contribution in [0.25, 0.3) is 11.0 Å². The highest BCUT2D eigenvalue weighted by molar-refractivity contribution is 5.79. The normalized spacial score (nSPS) is 26.0. The summed E-state index contributed by atoms with van der Waals surface area (Å²) in [4.78, 5) is 27.4. The van der Waals surface area contributed by atoms with Crippen molar-refractivity contribution in [3.05, 3.63) is 29.3 Å². The third-order valence-electron chi connectivity index (χ3n) is 7.01. The van der Waals surface area contributed by atoms with Crippen molar-refractivity contribution in [3.8, 4) is 0 Å². The second-order valence-electron chi connectivity index (χ2n) is 9.17. The van der Waals surface area contributed by atoms with Crippen LogP contribution in [0.1, 0.15) is 37.1 Å². The molecule has 4 heterocycles. The van der Waals surface area contributed by atoms with Crippen molar-refractivity contribution < 1.29 is 14.3 Å². The van der Waals surface area contributed by atoms with E-state index in [0.29, 0.717) is 51.1 Å². The van der Waals surface area contributed by atoms with Crippen LogP contribution in [-0.4, -0.2) is 86.6 Å². The highest BCUT2D eigenvalue weighted by Gasteiger charge is 2.41. The second-order valence-corrected chi connectivity index (χ2v) is 9.17. The SMILES string of the molecule is Cc1cc(F)cc2[nH]c(CN3CC4CCC(C3)N4CC(=O)N3CCC(O)CC3)nc12. The molecule has 30 heavy (non-hydrogen) atoms. The molecule has 2 aromatic rings. The quantitative estimate of drug-likeness (QED) is 0.794. The zero-order valence-electron chi connectivity index (χ0n) is 17.5. The van der Waals surface area contributed by atoms with E-state index in [1.165, 1.54) is 12.1 Å². The van der Waals surface area contributed by atoms with Gasteiger partial charge >= 0.3 is 0 Å². The molecular weight excluding hydrogens is 385 g/mol. The number of fused-ring (bicyclic) bond motifs is 3. The lowest BCUT2D eigenvalue weighted by Crippen LogP contribution is -2.56. The lowest BCUT2D eigenvalue weighted by Gasteiger charge is -2.41. The topological polar surface area (TPSA) is 75.7 Å². The number of aromatic nitrogens is 2. The zero-order chi connectivity index (χ0) is 20.8. The molecule has 8 heteroatoms. The van der Waals surface area contributed by atoms with Crippen LogP contribution in [-0.2, 0) is 11.3 Å². The number of aliphatic hydroxyl groups is 1. The maximum Gasteiger partial charge on any atom is 0.236 e. The van der Waals surface area contributed by atoms with E-state index in [4.69, 9.17) is 4.98 Å². The molecule has 162 valence electrons. The van der Waals surface area contributed by atoms with E-state index >= 15 is 0 Å². The van der Waals surface area contributed by atoms with E-state index in [9.17, 15) is 14.3 Å². The molecule has 0 spiro atoms. The first-order valence-corrected chi connectivity index (χ1v) is 11.0. The summed E-state index contributed by atoms with van der Waals surface area (Å²) in [6.07, 6.45) is 3.36. The number of amides is 1. The molecule has 3 aliphatic rings. The summed E-state index contributed by atoms with van der Waals surface area (Å²) in [5.74, 6) is 0.825. The number of benzene rings is 1. The zero-order valence-corrected chi connectivity index (χ0v) is 17.5. The minimum atomic E-state index is -0.257. The molecule has 0 aliphatic carbocycles. The lowest BCUT2D eigenvalue weighted by molar-refractivity contribution is -0.136. The maximum atomic E-state index is 13.7. The highest BCUT2D eigenvalue weighted by atomic mass is 19.1. The summed E-state index contributed by atoms with van der Waals surface area (Å²) >= 11 is 0. The van der Waals surface area contributed by atoms with Crippen molar-refractivity contribution in [1.29, 1.82) is 0 Å². The third-order valence-corrected chi connectivity index (χ3v) is 7.01. The van der Waals surface area contributed by atoms with Crippen LogP contribution < -0.4 is 0 Å². The van der Waals surface area contributed by atoms with Gasteiger partial charge in [0.1, 0.15) is 11.6 Å². The van der Waals surface area contributed by atoms with Gasteiger partial charge in [-0.15, -0.1) is 0 Å². The fourth-order valence-corrected chi connectivity index (χ4v) is 5.42. The Bertz CT molecular complexity index is 925. The Kier molecular flexibility index (Phi) is 5.24. The number of carbonyl (C=O) groups excluding carboxylic acids is 1. The maximum absolute atomic E-state index is 13.7. The number of nitrogens with one attached hydrogen (secondary N) is 1. The van der Waals surface area contributed by atoms with Gasteiger partial charge in [0.05, 0.1) is 30.2 Å². The summed E-state index contributed by atoms with van der Waals surface area (Å²) in [5.41, 5.74) is 2.44. The van der Waals surface area contributed by atoms with Gasteiger partial charge < -0.3 is 15.0 Å². The predicted octanol–water partition coefficient (Wildman–Crippen LogP) is 1.64. The fourth-order valence-electron chi connectivity index (χ4n) is 5.42. The first-order valence-electron chi connectivity index (χ1n) is 11.0.